The summed E-state index contributed by atoms with van der Waals surface area (Å²) in [6.07, 6.45) is 2.49. The van der Waals surface area contributed by atoms with Crippen LogP contribution in [0.4, 0.5) is 16.3 Å². The molecule has 1 aromatic carbocycles. The van der Waals surface area contributed by atoms with Crippen molar-refractivity contribution in [2.24, 2.45) is 5.73 Å². The summed E-state index contributed by atoms with van der Waals surface area (Å²) >= 11 is 0. The zero-order valence-electron chi connectivity index (χ0n) is 15.8. The molecule has 3 aromatic rings. The number of amidine groups is 1. The maximum Gasteiger partial charge on any atom is 0.414 e. The standard InChI is InChI=1S/C20H20N6O3/c1-12-8-13(14-2-4-16(19(21)22)23-9-14)3-5-17(12)26-11-15(29-20(26)27)10-24-18-6-7-28-25-18/h2-9,15H,10-11H2,1H3,(H3,21,22)(H,24,25). The number of benzene rings is 1. The van der Waals surface area contributed by atoms with E-state index in [1.54, 1.807) is 23.2 Å². The number of aromatic nitrogens is 2. The molecule has 0 spiro atoms. The molecular weight excluding hydrogens is 372 g/mol. The lowest BCUT2D eigenvalue weighted by atomic mass is 10.0. The minimum absolute atomic E-state index is 0.0665. The second-order valence-electron chi connectivity index (χ2n) is 6.73. The number of nitrogens with zero attached hydrogens (tertiary/aromatic N) is 3. The summed E-state index contributed by atoms with van der Waals surface area (Å²) in [5.74, 6) is 0.535. The van der Waals surface area contributed by atoms with E-state index in [2.05, 4.69) is 15.5 Å². The fourth-order valence-corrected chi connectivity index (χ4v) is 3.21. The first kappa shape index (κ1) is 18.5. The van der Waals surface area contributed by atoms with Gasteiger partial charge in [0.15, 0.2) is 5.82 Å². The van der Waals surface area contributed by atoms with Crippen LogP contribution in [0.15, 0.2) is 53.4 Å². The first-order valence-electron chi connectivity index (χ1n) is 9.05. The zero-order valence-corrected chi connectivity index (χ0v) is 15.8. The predicted octanol–water partition coefficient (Wildman–Crippen LogP) is 2.77. The molecule has 1 aliphatic rings. The topological polar surface area (TPSA) is 130 Å². The van der Waals surface area contributed by atoms with Gasteiger partial charge in [-0.2, -0.15) is 0 Å². The number of nitrogen functional groups attached to an aromatic ring is 1. The number of hydrogen-bond acceptors (Lipinski definition) is 7. The molecule has 4 rings (SSSR count). The minimum Gasteiger partial charge on any atom is -0.442 e. The van der Waals surface area contributed by atoms with Gasteiger partial charge in [0.05, 0.1) is 18.8 Å². The molecular formula is C20H20N6O3. The Morgan fingerprint density at radius 1 is 1.31 bits per heavy atom. The quantitative estimate of drug-likeness (QED) is 0.434. The molecule has 3 heterocycles. The monoisotopic (exact) mass is 392 g/mol. The summed E-state index contributed by atoms with van der Waals surface area (Å²) in [5.41, 5.74) is 9.50. The smallest absolute Gasteiger partial charge is 0.414 e. The molecule has 2 aromatic heterocycles. The first-order valence-corrected chi connectivity index (χ1v) is 9.05. The molecule has 1 saturated heterocycles. The van der Waals surface area contributed by atoms with Crippen LogP contribution in [-0.2, 0) is 4.74 Å². The normalized spacial score (nSPS) is 16.0. The van der Waals surface area contributed by atoms with Gasteiger partial charge in [-0.3, -0.25) is 15.3 Å². The third-order valence-corrected chi connectivity index (χ3v) is 4.68. The van der Waals surface area contributed by atoms with Crippen LogP contribution in [0.1, 0.15) is 11.3 Å². The second-order valence-corrected chi connectivity index (χ2v) is 6.73. The highest BCUT2D eigenvalue weighted by atomic mass is 16.6. The van der Waals surface area contributed by atoms with Gasteiger partial charge >= 0.3 is 6.09 Å². The van der Waals surface area contributed by atoms with Crippen LogP contribution in [-0.4, -0.2) is 41.3 Å². The third kappa shape index (κ3) is 3.88. The lowest BCUT2D eigenvalue weighted by molar-refractivity contribution is 0.147. The average Bonchev–Trinajstić information content (AvgIpc) is 3.36. The van der Waals surface area contributed by atoms with Gasteiger partial charge in [-0.05, 0) is 36.2 Å². The zero-order chi connectivity index (χ0) is 20.4. The van der Waals surface area contributed by atoms with Crippen LogP contribution in [0.3, 0.4) is 0 Å². The van der Waals surface area contributed by atoms with Crippen molar-refractivity contribution < 1.29 is 14.1 Å². The van der Waals surface area contributed by atoms with E-state index in [0.717, 1.165) is 22.4 Å². The summed E-state index contributed by atoms with van der Waals surface area (Å²) in [5, 5.41) is 14.3. The number of carbonyl (C=O) groups excluding carboxylic acids is 1. The molecule has 148 valence electrons. The lowest BCUT2D eigenvalue weighted by Crippen LogP contribution is -2.27. The van der Waals surface area contributed by atoms with Gasteiger partial charge in [-0.15, -0.1) is 0 Å². The van der Waals surface area contributed by atoms with Gasteiger partial charge in [-0.1, -0.05) is 17.3 Å². The number of pyridine rings is 1. The number of amides is 1. The number of hydrogen-bond donors (Lipinski definition) is 3. The Balaban J connectivity index is 1.47. The Morgan fingerprint density at radius 2 is 2.14 bits per heavy atom. The van der Waals surface area contributed by atoms with Crippen molar-refractivity contribution in [3.05, 3.63) is 60.1 Å². The molecule has 9 nitrogen and oxygen atoms in total. The van der Waals surface area contributed by atoms with E-state index in [1.807, 2.05) is 31.2 Å². The maximum atomic E-state index is 12.4. The number of anilines is 2. The minimum atomic E-state index is -0.375. The van der Waals surface area contributed by atoms with Crippen molar-refractivity contribution in [2.45, 2.75) is 13.0 Å². The van der Waals surface area contributed by atoms with Gasteiger partial charge in [-0.25, -0.2) is 4.79 Å². The Bertz CT molecular complexity index is 1030. The second kappa shape index (κ2) is 7.63. The summed E-state index contributed by atoms with van der Waals surface area (Å²) < 4.78 is 10.2. The Kier molecular flexibility index (Phi) is 4.86. The molecule has 1 aliphatic heterocycles. The number of nitrogens with two attached hydrogens (primary N) is 1. The van der Waals surface area contributed by atoms with Crippen molar-refractivity contribution in [1.29, 1.82) is 5.41 Å². The first-order chi connectivity index (χ1) is 14.0. The molecule has 29 heavy (non-hydrogen) atoms. The molecule has 1 fully saturated rings. The highest BCUT2D eigenvalue weighted by Crippen LogP contribution is 2.29. The van der Waals surface area contributed by atoms with Gasteiger partial charge in [0.1, 0.15) is 23.9 Å². The van der Waals surface area contributed by atoms with E-state index in [1.165, 1.54) is 6.26 Å². The van der Waals surface area contributed by atoms with E-state index in [-0.39, 0.29) is 18.0 Å². The number of rotatable bonds is 6. The molecule has 1 amide bonds. The lowest BCUT2D eigenvalue weighted by Gasteiger charge is -2.17. The van der Waals surface area contributed by atoms with Gasteiger partial charge < -0.3 is 20.3 Å². The number of nitrogens with one attached hydrogen (secondary N) is 2. The van der Waals surface area contributed by atoms with Gasteiger partial charge in [0, 0.05) is 17.8 Å². The fourth-order valence-electron chi connectivity index (χ4n) is 3.21. The van der Waals surface area contributed by atoms with Crippen LogP contribution < -0.4 is 16.0 Å². The number of carbonyl (C=O) groups is 1. The number of aryl methyl sites for hydroxylation is 1. The summed E-state index contributed by atoms with van der Waals surface area (Å²) in [6, 6.07) is 11.1. The van der Waals surface area contributed by atoms with Crippen molar-refractivity contribution in [3.8, 4) is 11.1 Å². The Morgan fingerprint density at radius 3 is 2.79 bits per heavy atom. The Hall–Kier alpha value is -3.88. The predicted molar refractivity (Wildman–Crippen MR) is 108 cm³/mol. The van der Waals surface area contributed by atoms with Crippen LogP contribution in [0.2, 0.25) is 0 Å². The average molecular weight is 392 g/mol. The largest absolute Gasteiger partial charge is 0.442 e. The molecule has 0 radical (unpaired) electrons. The van der Waals surface area contributed by atoms with E-state index in [0.29, 0.717) is 24.6 Å². The number of cyclic esters (lactones) is 1. The summed E-state index contributed by atoms with van der Waals surface area (Å²) in [6.45, 7) is 2.84. The molecule has 0 bridgehead atoms. The molecule has 0 aliphatic carbocycles. The van der Waals surface area contributed by atoms with E-state index in [4.69, 9.17) is 20.4 Å². The van der Waals surface area contributed by atoms with Crippen LogP contribution in [0, 0.1) is 12.3 Å². The van der Waals surface area contributed by atoms with Crippen molar-refractivity contribution in [3.63, 3.8) is 0 Å². The fraction of sp³-hybridized carbons (Fsp3) is 0.200. The molecule has 9 heteroatoms. The van der Waals surface area contributed by atoms with Crippen LogP contribution in [0.5, 0.6) is 0 Å². The molecule has 4 N–H and O–H groups in total. The van der Waals surface area contributed by atoms with E-state index in [9.17, 15) is 4.79 Å². The summed E-state index contributed by atoms with van der Waals surface area (Å²) in [4.78, 5) is 18.2. The molecule has 0 saturated carbocycles. The number of ether oxygens (including phenoxy) is 1. The van der Waals surface area contributed by atoms with Gasteiger partial charge in [0.25, 0.3) is 0 Å². The Labute approximate surface area is 167 Å². The molecule has 1 atom stereocenters. The van der Waals surface area contributed by atoms with E-state index >= 15 is 0 Å². The highest BCUT2D eigenvalue weighted by molar-refractivity contribution is 5.93. The van der Waals surface area contributed by atoms with Gasteiger partial charge in [0.2, 0.25) is 0 Å². The SMILES string of the molecule is Cc1cc(-c2ccc(C(=N)N)nc2)ccc1N1CC(CNc2ccon2)OC1=O. The molecule has 1 unspecified atom stereocenters. The van der Waals surface area contributed by atoms with Crippen molar-refractivity contribution >= 4 is 23.4 Å². The summed E-state index contributed by atoms with van der Waals surface area (Å²) in [7, 11) is 0. The van der Waals surface area contributed by atoms with Crippen molar-refractivity contribution in [1.82, 2.24) is 10.1 Å². The van der Waals surface area contributed by atoms with Crippen LogP contribution >= 0.6 is 0 Å². The van der Waals surface area contributed by atoms with E-state index < -0.39 is 0 Å². The highest BCUT2D eigenvalue weighted by Gasteiger charge is 2.33. The maximum absolute atomic E-state index is 12.4. The third-order valence-electron chi connectivity index (χ3n) is 4.68. The van der Waals surface area contributed by atoms with Crippen LogP contribution in [0.25, 0.3) is 11.1 Å². The van der Waals surface area contributed by atoms with Crippen molar-refractivity contribution in [2.75, 3.05) is 23.3 Å².